The Balaban J connectivity index is 1.99. The lowest BCUT2D eigenvalue weighted by Crippen LogP contribution is -2.12. The Morgan fingerprint density at radius 1 is 1.09 bits per heavy atom. The largest absolute Gasteiger partial charge is 0.493 e. The summed E-state index contributed by atoms with van der Waals surface area (Å²) < 4.78 is 10.6. The number of ether oxygens (including phenoxy) is 2. The molecule has 22 heavy (non-hydrogen) atoms. The summed E-state index contributed by atoms with van der Waals surface area (Å²) in [6.45, 7) is 2.00. The van der Waals surface area contributed by atoms with Gasteiger partial charge in [-0.15, -0.1) is 0 Å². The summed E-state index contributed by atoms with van der Waals surface area (Å²) in [4.78, 5) is 12.1. The average Bonchev–Trinajstić information content (AvgIpc) is 2.52. The minimum atomic E-state index is -0.0181. The molecule has 2 aromatic carbocycles. The van der Waals surface area contributed by atoms with E-state index in [1.54, 1.807) is 14.2 Å². The van der Waals surface area contributed by atoms with Crippen molar-refractivity contribution in [2.45, 2.75) is 19.8 Å². The van der Waals surface area contributed by atoms with Crippen LogP contribution >= 0.6 is 0 Å². The van der Waals surface area contributed by atoms with E-state index < -0.39 is 0 Å². The van der Waals surface area contributed by atoms with E-state index in [2.05, 4.69) is 5.32 Å². The van der Waals surface area contributed by atoms with E-state index in [1.807, 2.05) is 49.4 Å². The van der Waals surface area contributed by atoms with Crippen molar-refractivity contribution >= 4 is 11.6 Å². The molecule has 4 nitrogen and oxygen atoms in total. The molecule has 0 aliphatic rings. The van der Waals surface area contributed by atoms with E-state index >= 15 is 0 Å². The fourth-order valence-corrected chi connectivity index (χ4v) is 2.35. The summed E-state index contributed by atoms with van der Waals surface area (Å²) in [5.41, 5.74) is 2.90. The molecule has 4 heteroatoms. The Kier molecular flexibility index (Phi) is 5.42. The first-order valence-corrected chi connectivity index (χ1v) is 7.20. The third-order valence-electron chi connectivity index (χ3n) is 3.41. The van der Waals surface area contributed by atoms with Crippen LogP contribution in [0.4, 0.5) is 5.69 Å². The van der Waals surface area contributed by atoms with E-state index in [4.69, 9.17) is 9.47 Å². The SMILES string of the molecule is COc1cccc(CCC(=O)Nc2cccc(C)c2)c1OC. The number of anilines is 1. The molecule has 0 radical (unpaired) electrons. The number of aryl methyl sites for hydroxylation is 2. The number of carbonyl (C=O) groups is 1. The van der Waals surface area contributed by atoms with Gasteiger partial charge < -0.3 is 14.8 Å². The fourth-order valence-electron chi connectivity index (χ4n) is 2.35. The van der Waals surface area contributed by atoms with E-state index in [9.17, 15) is 4.79 Å². The van der Waals surface area contributed by atoms with Crippen molar-refractivity contribution in [3.8, 4) is 11.5 Å². The number of rotatable bonds is 6. The lowest BCUT2D eigenvalue weighted by Gasteiger charge is -2.12. The van der Waals surface area contributed by atoms with Crippen LogP contribution in [0.15, 0.2) is 42.5 Å². The molecule has 0 aliphatic carbocycles. The van der Waals surface area contributed by atoms with Crippen LogP contribution in [0.3, 0.4) is 0 Å². The highest BCUT2D eigenvalue weighted by atomic mass is 16.5. The minimum absolute atomic E-state index is 0.0181. The molecule has 1 amide bonds. The standard InChI is InChI=1S/C18H21NO3/c1-13-6-4-8-15(12-13)19-17(20)11-10-14-7-5-9-16(21-2)18(14)22-3/h4-9,12H,10-11H2,1-3H3,(H,19,20). The molecule has 116 valence electrons. The van der Waals surface area contributed by atoms with Crippen molar-refractivity contribution in [1.82, 2.24) is 0 Å². The molecule has 0 atom stereocenters. The second kappa shape index (κ2) is 7.50. The monoisotopic (exact) mass is 299 g/mol. The molecule has 0 fully saturated rings. The molecule has 0 aromatic heterocycles. The van der Waals surface area contributed by atoms with Gasteiger partial charge in [0.2, 0.25) is 5.91 Å². The van der Waals surface area contributed by atoms with E-state index in [1.165, 1.54) is 0 Å². The first-order valence-electron chi connectivity index (χ1n) is 7.20. The van der Waals surface area contributed by atoms with Gasteiger partial charge in [-0.1, -0.05) is 24.3 Å². The highest BCUT2D eigenvalue weighted by Gasteiger charge is 2.11. The van der Waals surface area contributed by atoms with Gasteiger partial charge in [0, 0.05) is 12.1 Å². The Morgan fingerprint density at radius 3 is 2.55 bits per heavy atom. The Hall–Kier alpha value is -2.49. The van der Waals surface area contributed by atoms with Crippen molar-refractivity contribution in [2.75, 3.05) is 19.5 Å². The van der Waals surface area contributed by atoms with Gasteiger partial charge in [-0.3, -0.25) is 4.79 Å². The van der Waals surface area contributed by atoms with Crippen LogP contribution in [0.2, 0.25) is 0 Å². The quantitative estimate of drug-likeness (QED) is 0.887. The van der Waals surface area contributed by atoms with Crippen molar-refractivity contribution in [3.05, 3.63) is 53.6 Å². The molecule has 0 bridgehead atoms. The summed E-state index contributed by atoms with van der Waals surface area (Å²) in [6.07, 6.45) is 0.982. The van der Waals surface area contributed by atoms with Gasteiger partial charge in [0.25, 0.3) is 0 Å². The smallest absolute Gasteiger partial charge is 0.224 e. The molecule has 2 aromatic rings. The summed E-state index contributed by atoms with van der Waals surface area (Å²) in [7, 11) is 3.21. The van der Waals surface area contributed by atoms with Gasteiger partial charge >= 0.3 is 0 Å². The Morgan fingerprint density at radius 2 is 1.86 bits per heavy atom. The first-order chi connectivity index (χ1) is 10.6. The zero-order chi connectivity index (χ0) is 15.9. The van der Waals surface area contributed by atoms with Crippen molar-refractivity contribution < 1.29 is 14.3 Å². The molecular formula is C18H21NO3. The maximum absolute atomic E-state index is 12.1. The van der Waals surface area contributed by atoms with Crippen LogP contribution in [-0.2, 0) is 11.2 Å². The molecule has 0 heterocycles. The maximum Gasteiger partial charge on any atom is 0.224 e. The average molecular weight is 299 g/mol. The number of benzene rings is 2. The molecule has 2 rings (SSSR count). The third-order valence-corrected chi connectivity index (χ3v) is 3.41. The van der Waals surface area contributed by atoms with Crippen LogP contribution in [0.25, 0.3) is 0 Å². The lowest BCUT2D eigenvalue weighted by atomic mass is 10.1. The van der Waals surface area contributed by atoms with Crippen molar-refractivity contribution in [2.24, 2.45) is 0 Å². The summed E-state index contributed by atoms with van der Waals surface area (Å²) in [5, 5.41) is 2.91. The van der Waals surface area contributed by atoms with Crippen molar-refractivity contribution in [1.29, 1.82) is 0 Å². The van der Waals surface area contributed by atoms with Gasteiger partial charge in [0.15, 0.2) is 11.5 Å². The Labute approximate surface area is 131 Å². The van der Waals surface area contributed by atoms with Gasteiger partial charge in [-0.05, 0) is 42.7 Å². The van der Waals surface area contributed by atoms with Crippen LogP contribution in [0.5, 0.6) is 11.5 Å². The van der Waals surface area contributed by atoms with Gasteiger partial charge in [-0.2, -0.15) is 0 Å². The lowest BCUT2D eigenvalue weighted by molar-refractivity contribution is -0.116. The number of methoxy groups -OCH3 is 2. The van der Waals surface area contributed by atoms with Gasteiger partial charge in [0.1, 0.15) is 0 Å². The highest BCUT2D eigenvalue weighted by molar-refractivity contribution is 5.90. The van der Waals surface area contributed by atoms with Crippen LogP contribution < -0.4 is 14.8 Å². The highest BCUT2D eigenvalue weighted by Crippen LogP contribution is 2.31. The first kappa shape index (κ1) is 15.9. The normalized spacial score (nSPS) is 10.1. The number of nitrogens with one attached hydrogen (secondary N) is 1. The number of hydrogen-bond acceptors (Lipinski definition) is 3. The van der Waals surface area contributed by atoms with E-state index in [0.717, 1.165) is 16.8 Å². The molecular weight excluding hydrogens is 278 g/mol. The van der Waals surface area contributed by atoms with Crippen LogP contribution in [0, 0.1) is 6.92 Å². The molecule has 0 aliphatic heterocycles. The zero-order valence-corrected chi connectivity index (χ0v) is 13.2. The summed E-state index contributed by atoms with van der Waals surface area (Å²) >= 11 is 0. The van der Waals surface area contributed by atoms with Gasteiger partial charge in [-0.25, -0.2) is 0 Å². The predicted octanol–water partition coefficient (Wildman–Crippen LogP) is 3.58. The fraction of sp³-hybridized carbons (Fsp3) is 0.278. The summed E-state index contributed by atoms with van der Waals surface area (Å²) in [6, 6.07) is 13.4. The van der Waals surface area contributed by atoms with Crippen molar-refractivity contribution in [3.63, 3.8) is 0 Å². The zero-order valence-electron chi connectivity index (χ0n) is 13.2. The van der Waals surface area contributed by atoms with Gasteiger partial charge in [0.05, 0.1) is 14.2 Å². The van der Waals surface area contributed by atoms with Crippen LogP contribution in [-0.4, -0.2) is 20.1 Å². The molecule has 0 saturated carbocycles. The third kappa shape index (κ3) is 4.01. The molecule has 0 spiro atoms. The molecule has 1 N–H and O–H groups in total. The maximum atomic E-state index is 12.1. The second-order valence-electron chi connectivity index (χ2n) is 5.07. The molecule has 0 saturated heterocycles. The topological polar surface area (TPSA) is 47.6 Å². The number of para-hydroxylation sites is 1. The van der Waals surface area contributed by atoms with Crippen LogP contribution in [0.1, 0.15) is 17.5 Å². The minimum Gasteiger partial charge on any atom is -0.493 e. The number of amides is 1. The Bertz CT molecular complexity index is 653. The predicted molar refractivity (Wildman–Crippen MR) is 87.7 cm³/mol. The van der Waals surface area contributed by atoms with E-state index in [-0.39, 0.29) is 5.91 Å². The van der Waals surface area contributed by atoms with E-state index in [0.29, 0.717) is 24.3 Å². The second-order valence-corrected chi connectivity index (χ2v) is 5.07. The molecule has 0 unspecified atom stereocenters. The number of carbonyl (C=O) groups excluding carboxylic acids is 1. The number of hydrogen-bond donors (Lipinski definition) is 1. The summed E-state index contributed by atoms with van der Waals surface area (Å²) in [5.74, 6) is 1.35.